The first kappa shape index (κ1) is 16.3. The normalized spacial score (nSPS) is 12.6. The molecule has 3 heterocycles. The van der Waals surface area contributed by atoms with Crippen LogP contribution in [0.2, 0.25) is 5.02 Å². The van der Waals surface area contributed by atoms with Crippen molar-refractivity contribution in [3.8, 4) is 0 Å². The largest absolute Gasteiger partial charge is 0.325 e. The minimum absolute atomic E-state index is 0.108. The van der Waals surface area contributed by atoms with E-state index in [1.165, 1.54) is 0 Å². The fraction of sp³-hybridized carbons (Fsp3) is 0.111. The molecule has 130 valence electrons. The van der Waals surface area contributed by atoms with E-state index in [-0.39, 0.29) is 23.3 Å². The number of halogens is 1. The summed E-state index contributed by atoms with van der Waals surface area (Å²) in [5.74, 6) is -0.0513. The number of anilines is 2. The molecule has 0 radical (unpaired) electrons. The maximum Gasteiger partial charge on any atom is 0.258 e. The van der Waals surface area contributed by atoms with Crippen LogP contribution in [0.4, 0.5) is 11.5 Å². The first-order chi connectivity index (χ1) is 12.6. The van der Waals surface area contributed by atoms with Gasteiger partial charge in [0.05, 0.1) is 23.6 Å². The zero-order valence-corrected chi connectivity index (χ0v) is 14.3. The zero-order valence-electron chi connectivity index (χ0n) is 13.6. The topological polar surface area (TPSA) is 88.9 Å². The third-order valence-electron chi connectivity index (χ3n) is 4.04. The smallest absolute Gasteiger partial charge is 0.258 e. The van der Waals surface area contributed by atoms with E-state index >= 15 is 0 Å². The molecule has 0 saturated carbocycles. The Balaban J connectivity index is 1.49. The van der Waals surface area contributed by atoms with Gasteiger partial charge in [-0.2, -0.15) is 5.10 Å². The summed E-state index contributed by atoms with van der Waals surface area (Å²) in [6, 6.07) is 8.75. The monoisotopic (exact) mass is 367 g/mol. The molecule has 26 heavy (non-hydrogen) atoms. The van der Waals surface area contributed by atoms with Gasteiger partial charge in [-0.05, 0) is 35.4 Å². The summed E-state index contributed by atoms with van der Waals surface area (Å²) >= 11 is 6.19. The van der Waals surface area contributed by atoms with Gasteiger partial charge < -0.3 is 10.6 Å². The van der Waals surface area contributed by atoms with E-state index in [1.807, 2.05) is 12.1 Å². The quantitative estimate of drug-likeness (QED) is 0.742. The summed E-state index contributed by atoms with van der Waals surface area (Å²) in [5, 5.41) is 10.1. The van der Waals surface area contributed by atoms with E-state index in [0.717, 1.165) is 11.1 Å². The van der Waals surface area contributed by atoms with E-state index in [1.54, 1.807) is 41.5 Å². The number of benzene rings is 1. The lowest BCUT2D eigenvalue weighted by molar-refractivity contribution is -0.115. The van der Waals surface area contributed by atoms with Crippen molar-refractivity contribution in [3.63, 3.8) is 0 Å². The molecule has 3 aromatic rings. The van der Waals surface area contributed by atoms with Gasteiger partial charge in [0.25, 0.3) is 5.91 Å². The van der Waals surface area contributed by atoms with E-state index in [9.17, 15) is 9.59 Å². The van der Waals surface area contributed by atoms with Crippen LogP contribution in [0.15, 0.2) is 48.9 Å². The molecular weight excluding hydrogens is 354 g/mol. The van der Waals surface area contributed by atoms with Crippen LogP contribution in [0.3, 0.4) is 0 Å². The van der Waals surface area contributed by atoms with Crippen molar-refractivity contribution in [1.82, 2.24) is 14.8 Å². The van der Waals surface area contributed by atoms with Crippen LogP contribution >= 0.6 is 11.6 Å². The highest BCUT2D eigenvalue weighted by atomic mass is 35.5. The van der Waals surface area contributed by atoms with Crippen LogP contribution in [0.25, 0.3) is 0 Å². The van der Waals surface area contributed by atoms with Crippen LogP contribution in [-0.2, 0) is 17.8 Å². The van der Waals surface area contributed by atoms with Crippen molar-refractivity contribution in [2.45, 2.75) is 13.0 Å². The van der Waals surface area contributed by atoms with Crippen molar-refractivity contribution >= 4 is 34.9 Å². The molecule has 2 aromatic heterocycles. The number of amides is 2. The number of carbonyl (C=O) groups excluding carboxylic acids is 2. The zero-order chi connectivity index (χ0) is 18.1. The van der Waals surface area contributed by atoms with Gasteiger partial charge in [0.15, 0.2) is 5.82 Å². The first-order valence-electron chi connectivity index (χ1n) is 7.94. The van der Waals surface area contributed by atoms with Crippen molar-refractivity contribution in [1.29, 1.82) is 0 Å². The lowest BCUT2D eigenvalue weighted by atomic mass is 10.1. The van der Waals surface area contributed by atoms with Crippen molar-refractivity contribution < 1.29 is 9.59 Å². The SMILES string of the molecule is O=C1Cc2cc(C(=O)Nc3ccn(Cc4ccncc4)n3)c(Cl)cc2N1. The van der Waals surface area contributed by atoms with Crippen LogP contribution in [0, 0.1) is 0 Å². The molecule has 0 saturated heterocycles. The second-order valence-corrected chi connectivity index (χ2v) is 6.33. The van der Waals surface area contributed by atoms with E-state index in [2.05, 4.69) is 20.7 Å². The Labute approximate surface area is 154 Å². The van der Waals surface area contributed by atoms with Crippen molar-refractivity contribution in [2.75, 3.05) is 10.6 Å². The van der Waals surface area contributed by atoms with Gasteiger partial charge in [-0.1, -0.05) is 11.6 Å². The summed E-state index contributed by atoms with van der Waals surface area (Å²) < 4.78 is 1.72. The van der Waals surface area contributed by atoms with E-state index < -0.39 is 0 Å². The summed E-state index contributed by atoms with van der Waals surface area (Å²) in [5.41, 5.74) is 2.77. The molecule has 1 aliphatic heterocycles. The Morgan fingerprint density at radius 1 is 1.27 bits per heavy atom. The number of aromatic nitrogens is 3. The van der Waals surface area contributed by atoms with Gasteiger partial charge >= 0.3 is 0 Å². The Bertz CT molecular complexity index is 1000. The highest BCUT2D eigenvalue weighted by Crippen LogP contribution is 2.30. The molecule has 0 atom stereocenters. The Morgan fingerprint density at radius 3 is 2.88 bits per heavy atom. The minimum Gasteiger partial charge on any atom is -0.325 e. The molecule has 0 spiro atoms. The third kappa shape index (κ3) is 3.29. The number of hydrogen-bond donors (Lipinski definition) is 2. The molecule has 8 heteroatoms. The average Bonchev–Trinajstić information content (AvgIpc) is 3.20. The predicted molar refractivity (Wildman–Crippen MR) is 97.3 cm³/mol. The maximum absolute atomic E-state index is 12.5. The standard InChI is InChI=1S/C18H14ClN5O2/c19-14-9-15-12(8-17(25)21-15)7-13(14)18(26)22-16-3-6-24(23-16)10-11-1-4-20-5-2-11/h1-7,9H,8,10H2,(H,21,25)(H,22,23,26). The Hall–Kier alpha value is -3.19. The van der Waals surface area contributed by atoms with Gasteiger partial charge in [0, 0.05) is 30.3 Å². The minimum atomic E-state index is -0.369. The number of fused-ring (bicyclic) bond motifs is 1. The number of nitrogens with one attached hydrogen (secondary N) is 2. The van der Waals surface area contributed by atoms with Crippen LogP contribution < -0.4 is 10.6 Å². The molecule has 0 bridgehead atoms. The molecule has 0 fully saturated rings. The second-order valence-electron chi connectivity index (χ2n) is 5.92. The van der Waals surface area contributed by atoms with Crippen molar-refractivity contribution in [3.05, 3.63) is 70.6 Å². The lowest BCUT2D eigenvalue weighted by Gasteiger charge is -2.07. The predicted octanol–water partition coefficient (Wildman–Crippen LogP) is 2.73. The molecule has 7 nitrogen and oxygen atoms in total. The number of pyridine rings is 1. The van der Waals surface area contributed by atoms with E-state index in [0.29, 0.717) is 23.6 Å². The van der Waals surface area contributed by atoms with Crippen LogP contribution in [0.5, 0.6) is 0 Å². The van der Waals surface area contributed by atoms with Gasteiger partial charge in [0.1, 0.15) is 0 Å². The molecular formula is C18H14ClN5O2. The number of rotatable bonds is 4. The van der Waals surface area contributed by atoms with Gasteiger partial charge in [-0.3, -0.25) is 19.3 Å². The molecule has 1 aromatic carbocycles. The maximum atomic E-state index is 12.5. The average molecular weight is 368 g/mol. The first-order valence-corrected chi connectivity index (χ1v) is 8.32. The Morgan fingerprint density at radius 2 is 2.08 bits per heavy atom. The van der Waals surface area contributed by atoms with Crippen molar-refractivity contribution in [2.24, 2.45) is 0 Å². The number of nitrogens with zero attached hydrogens (tertiary/aromatic N) is 3. The highest BCUT2D eigenvalue weighted by molar-refractivity contribution is 6.35. The fourth-order valence-corrected chi connectivity index (χ4v) is 3.05. The molecule has 0 aliphatic carbocycles. The van der Waals surface area contributed by atoms with Gasteiger partial charge in [0.2, 0.25) is 5.91 Å². The fourth-order valence-electron chi connectivity index (χ4n) is 2.80. The number of carbonyl (C=O) groups is 2. The van der Waals surface area contributed by atoms with Crippen LogP contribution in [-0.4, -0.2) is 26.6 Å². The Kier molecular flexibility index (Phi) is 4.14. The molecule has 2 amide bonds. The molecule has 2 N–H and O–H groups in total. The van der Waals surface area contributed by atoms with Gasteiger partial charge in [-0.15, -0.1) is 0 Å². The highest BCUT2D eigenvalue weighted by Gasteiger charge is 2.22. The third-order valence-corrected chi connectivity index (χ3v) is 4.35. The van der Waals surface area contributed by atoms with Crippen LogP contribution in [0.1, 0.15) is 21.5 Å². The summed E-state index contributed by atoms with van der Waals surface area (Å²) in [6.07, 6.45) is 5.46. The lowest BCUT2D eigenvalue weighted by Crippen LogP contribution is -2.14. The number of hydrogen-bond acceptors (Lipinski definition) is 4. The summed E-state index contributed by atoms with van der Waals surface area (Å²) in [4.78, 5) is 28.0. The summed E-state index contributed by atoms with van der Waals surface area (Å²) in [7, 11) is 0. The van der Waals surface area contributed by atoms with Gasteiger partial charge in [-0.25, -0.2) is 0 Å². The molecule has 0 unspecified atom stereocenters. The molecule has 4 rings (SSSR count). The van der Waals surface area contributed by atoms with E-state index in [4.69, 9.17) is 11.6 Å². The second kappa shape index (κ2) is 6.61. The summed E-state index contributed by atoms with van der Waals surface area (Å²) in [6.45, 7) is 0.575. The molecule has 1 aliphatic rings.